The summed E-state index contributed by atoms with van der Waals surface area (Å²) in [4.78, 5) is 11.9. The third-order valence-electron chi connectivity index (χ3n) is 25.4. The van der Waals surface area contributed by atoms with Crippen LogP contribution in [0.25, 0.3) is 0 Å². The Morgan fingerprint density at radius 1 is 0.359 bits per heavy atom. The van der Waals surface area contributed by atoms with Crippen molar-refractivity contribution in [3.63, 3.8) is 0 Å². The van der Waals surface area contributed by atoms with Crippen LogP contribution in [0.1, 0.15) is 142 Å². The zero-order valence-electron chi connectivity index (χ0n) is 70.8. The number of carbonyl (C=O) groups excluding carboxylic acids is 1. The molecule has 0 aliphatic carbocycles. The third-order valence-corrected chi connectivity index (χ3v) is 45.5. The van der Waals surface area contributed by atoms with E-state index in [2.05, 4.69) is 339 Å². The van der Waals surface area contributed by atoms with Gasteiger partial charge in [0.15, 0.2) is 0 Å². The number of aliphatic hydroxyl groups excluding tert-OH is 1. The summed E-state index contributed by atoms with van der Waals surface area (Å²) in [5.41, 5.74) is 0. The molecule has 8 aromatic rings. The van der Waals surface area contributed by atoms with Gasteiger partial charge in [-0.15, -0.1) is 13.2 Å². The number of benzene rings is 8. The maximum atomic E-state index is 11.9. The van der Waals surface area contributed by atoms with E-state index in [0.29, 0.717) is 25.7 Å². The monoisotopic (exact) mass is 1650 g/mol. The summed E-state index contributed by atoms with van der Waals surface area (Å²) in [5, 5.41) is 18.5. The van der Waals surface area contributed by atoms with Crippen molar-refractivity contribution in [3.05, 3.63) is 268 Å². The number of hydrogen-bond donors (Lipinski definition) is 1. The molecule has 14 nitrogen and oxygen atoms in total. The molecule has 6 aliphatic rings. The largest absolute Gasteiger partial charge is 0.399 e. The lowest BCUT2D eigenvalue weighted by Crippen LogP contribution is -2.73. The Bertz CT molecular complexity index is 4240. The zero-order valence-corrected chi connectivity index (χ0v) is 74.8. The van der Waals surface area contributed by atoms with Crippen LogP contribution in [0.15, 0.2) is 268 Å². The van der Waals surface area contributed by atoms with Crippen LogP contribution in [-0.2, 0) is 60.4 Å². The highest BCUT2D eigenvalue weighted by Crippen LogP contribution is 2.52. The highest BCUT2D eigenvalue weighted by atomic mass is 28.4. The number of fused-ring (bicyclic) bond motifs is 4. The number of aldehydes is 1. The number of carbonyl (C=O) groups is 1. The Kier molecular flexibility index (Phi) is 29.2. The van der Waals surface area contributed by atoms with E-state index in [1.165, 1.54) is 41.5 Å². The lowest BCUT2D eigenvalue weighted by atomic mass is 9.88. The second-order valence-corrected chi connectivity index (χ2v) is 53.6. The molecule has 0 amide bonds. The molecular formula is C99H130O14Si4. The van der Waals surface area contributed by atoms with Gasteiger partial charge < -0.3 is 65.5 Å². The van der Waals surface area contributed by atoms with Crippen LogP contribution in [0.5, 0.6) is 0 Å². The van der Waals surface area contributed by atoms with E-state index in [1.807, 2.05) is 12.2 Å². The predicted molar refractivity (Wildman–Crippen MR) is 481 cm³/mol. The molecular weight excluding hydrogens is 1530 g/mol. The van der Waals surface area contributed by atoms with Gasteiger partial charge in [0, 0.05) is 40.1 Å². The highest BCUT2D eigenvalue weighted by Gasteiger charge is 2.67. The van der Waals surface area contributed by atoms with E-state index >= 15 is 0 Å². The second kappa shape index (κ2) is 38.1. The summed E-state index contributed by atoms with van der Waals surface area (Å²) in [5.74, 6) is 0. The summed E-state index contributed by atoms with van der Waals surface area (Å²) in [7, 11) is -9.02. The number of aliphatic hydroxyl groups is 1. The van der Waals surface area contributed by atoms with Crippen molar-refractivity contribution in [3.8, 4) is 0 Å². The fourth-order valence-corrected chi connectivity index (χ4v) is 38.8. The van der Waals surface area contributed by atoms with Gasteiger partial charge in [-0.2, -0.15) is 0 Å². The molecule has 1 N–H and O–H groups in total. The van der Waals surface area contributed by atoms with Gasteiger partial charge in [-0.1, -0.05) is 345 Å². The van der Waals surface area contributed by atoms with Crippen molar-refractivity contribution >= 4 is 81.0 Å². The van der Waals surface area contributed by atoms with Crippen LogP contribution in [0.3, 0.4) is 0 Å². The van der Waals surface area contributed by atoms with Gasteiger partial charge in [-0.25, -0.2) is 0 Å². The predicted octanol–water partition coefficient (Wildman–Crippen LogP) is 14.7. The summed E-state index contributed by atoms with van der Waals surface area (Å²) < 4.78 is 87.7. The Labute approximate surface area is 702 Å². The molecule has 6 heterocycles. The van der Waals surface area contributed by atoms with E-state index in [9.17, 15) is 9.90 Å². The molecule has 2 unspecified atom stereocenters. The molecule has 18 atom stereocenters. The van der Waals surface area contributed by atoms with Gasteiger partial charge in [0.25, 0.3) is 33.3 Å². The first-order valence-corrected chi connectivity index (χ1v) is 49.8. The van der Waals surface area contributed by atoms with Gasteiger partial charge in [0.1, 0.15) is 67.3 Å². The summed E-state index contributed by atoms with van der Waals surface area (Å²) >= 11 is 0. The fraction of sp³-hybridized carbons (Fsp3) is 0.465. The first kappa shape index (κ1) is 89.5. The summed E-state index contributed by atoms with van der Waals surface area (Å²) in [6, 6.07) is 86.1. The van der Waals surface area contributed by atoms with Crippen LogP contribution >= 0.6 is 0 Å². The minimum absolute atomic E-state index is 0. The van der Waals surface area contributed by atoms with Crippen molar-refractivity contribution in [1.29, 1.82) is 0 Å². The minimum atomic E-state index is -3.14. The molecule has 117 heavy (non-hydrogen) atoms. The van der Waals surface area contributed by atoms with Crippen molar-refractivity contribution < 1.29 is 65.5 Å². The minimum Gasteiger partial charge on any atom is -0.399 e. The molecule has 6 saturated heterocycles. The van der Waals surface area contributed by atoms with E-state index < -0.39 is 107 Å². The molecule has 0 saturated carbocycles. The van der Waals surface area contributed by atoms with Crippen molar-refractivity contribution in [2.45, 2.75) is 272 Å². The first-order valence-electron chi connectivity index (χ1n) is 42.2. The standard InChI is InChI=1S/C49H64O7Si2.C49H62O7Si2.CH4/c2*1-9-35(51-8)34-42-44(55-57(48(2,3)4,37-22-14-10-15-23-37)38-24-16-11-17-25-38)45-46(54-42)47(43-41(53-45)31-30-36(52-43)32-33-50)56-58(49(5,6)7,39-26-18-12-19-27-39)40-28-20-13-21-29-40;/h9-29,35-36,41-47,50H,1,30-34H2,2-8H3;9-29,33,35-36,41-47H,1,30-32,34H2,2-8H3;1H4/t2*35?,36-,41+,42-,43+,44+,45+,46-,47+;/m11./s1. The van der Waals surface area contributed by atoms with Crippen LogP contribution in [0, 0.1) is 0 Å². The maximum absolute atomic E-state index is 11.9. The van der Waals surface area contributed by atoms with Crippen molar-refractivity contribution in [2.24, 2.45) is 0 Å². The number of methoxy groups -OCH3 is 2. The molecule has 0 radical (unpaired) electrons. The first-order chi connectivity index (χ1) is 55.7. The highest BCUT2D eigenvalue weighted by molar-refractivity contribution is 7.01. The topological polar surface area (TPSA) is 148 Å². The molecule has 14 rings (SSSR count). The van der Waals surface area contributed by atoms with Gasteiger partial charge in [-0.3, -0.25) is 0 Å². The maximum Gasteiger partial charge on any atom is 0.261 e. The van der Waals surface area contributed by atoms with E-state index in [1.54, 1.807) is 14.2 Å². The molecule has 8 aromatic carbocycles. The number of hydrogen-bond acceptors (Lipinski definition) is 14. The lowest BCUT2D eigenvalue weighted by Gasteiger charge is -2.53. The van der Waals surface area contributed by atoms with Crippen LogP contribution in [0.2, 0.25) is 20.2 Å². The zero-order chi connectivity index (χ0) is 82.3. The molecule has 0 aromatic heterocycles. The lowest BCUT2D eigenvalue weighted by molar-refractivity contribution is -0.255. The van der Waals surface area contributed by atoms with E-state index in [-0.39, 0.29) is 70.8 Å². The quantitative estimate of drug-likeness (QED) is 0.0282. The number of rotatable bonds is 28. The van der Waals surface area contributed by atoms with E-state index in [4.69, 9.17) is 55.6 Å². The van der Waals surface area contributed by atoms with Crippen LogP contribution in [-0.4, -0.2) is 175 Å². The molecule has 626 valence electrons. The molecule has 6 aliphatic heterocycles. The Balaban J connectivity index is 0.000000214. The molecule has 0 bridgehead atoms. The SMILES string of the molecule is C.C=CC(C[C@H]1O[C@H]2[C@@H](O[Si](c3ccccc3)(c3ccccc3)C(C)(C)C)[C@H]3O[C@@H](CC=O)CC[C@@H]3O[C@H]2[C@H]1O[Si](c1ccccc1)(c1ccccc1)C(C)(C)C)OC.C=CC(C[C@H]1O[C@H]2[C@@H](O[Si](c3ccccc3)(c3ccccc3)C(C)(C)C)[C@H]3O[C@@H](CCO)CC[C@@H]3O[C@H]2[C@H]1O[Si](c1ccccc1)(c1ccccc1)C(C)(C)C)OC. The van der Waals surface area contributed by atoms with Crippen LogP contribution in [0.4, 0.5) is 0 Å². The Morgan fingerprint density at radius 3 is 0.829 bits per heavy atom. The summed E-state index contributed by atoms with van der Waals surface area (Å²) in [6.45, 7) is 36.0. The number of ether oxygens (including phenoxy) is 8. The van der Waals surface area contributed by atoms with E-state index in [0.717, 1.165) is 32.0 Å². The molecule has 6 fully saturated rings. The Morgan fingerprint density at radius 2 is 0.598 bits per heavy atom. The molecule has 0 spiro atoms. The van der Waals surface area contributed by atoms with Gasteiger partial charge in [0.2, 0.25) is 0 Å². The van der Waals surface area contributed by atoms with Gasteiger partial charge >= 0.3 is 0 Å². The van der Waals surface area contributed by atoms with Crippen molar-refractivity contribution in [2.75, 3.05) is 20.8 Å². The fourth-order valence-electron chi connectivity index (χ4n) is 20.0. The average Bonchev–Trinajstić information content (AvgIpc) is 1.66. The third kappa shape index (κ3) is 17.9. The van der Waals surface area contributed by atoms with Crippen molar-refractivity contribution in [1.82, 2.24) is 0 Å². The second-order valence-electron chi connectivity index (χ2n) is 36.5. The molecule has 18 heteroatoms. The van der Waals surface area contributed by atoms with Gasteiger partial charge in [-0.05, 0) is 93.8 Å². The Hall–Kier alpha value is -6.74. The smallest absolute Gasteiger partial charge is 0.261 e. The normalized spacial score (nSPS) is 26.8. The average molecular weight is 1660 g/mol. The summed E-state index contributed by atoms with van der Waals surface area (Å²) in [6.07, 6.45) is 2.47. The van der Waals surface area contributed by atoms with Crippen LogP contribution < -0.4 is 41.5 Å². The van der Waals surface area contributed by atoms with Gasteiger partial charge in [0.05, 0.1) is 48.8 Å².